The topological polar surface area (TPSA) is 63.4 Å². The van der Waals surface area contributed by atoms with Gasteiger partial charge in [-0.1, -0.05) is 55.8 Å². The highest BCUT2D eigenvalue weighted by Gasteiger charge is 2.44. The number of benzene rings is 2. The lowest BCUT2D eigenvalue weighted by Crippen LogP contribution is -2.30. The van der Waals surface area contributed by atoms with Crippen molar-refractivity contribution in [1.82, 2.24) is 4.98 Å². The molecule has 2 aromatic heterocycles. The molecule has 1 amide bonds. The Balaban J connectivity index is 1.78. The van der Waals surface area contributed by atoms with Crippen LogP contribution in [-0.2, 0) is 0 Å². The lowest BCUT2D eigenvalue weighted by atomic mass is 9.95. The summed E-state index contributed by atoms with van der Waals surface area (Å²) in [5.41, 5.74) is 3.61. The Bertz CT molecular complexity index is 1360. The van der Waals surface area contributed by atoms with Gasteiger partial charge in [0.2, 0.25) is 5.76 Å². The van der Waals surface area contributed by atoms with Gasteiger partial charge >= 0.3 is 0 Å². The number of rotatable bonds is 3. The molecule has 5 nitrogen and oxygen atoms in total. The number of aromatic nitrogens is 1. The van der Waals surface area contributed by atoms with E-state index in [1.807, 2.05) is 49.4 Å². The molecule has 31 heavy (non-hydrogen) atoms. The van der Waals surface area contributed by atoms with E-state index in [4.69, 9.17) is 4.42 Å². The van der Waals surface area contributed by atoms with Crippen molar-refractivity contribution < 1.29 is 9.21 Å². The van der Waals surface area contributed by atoms with E-state index in [0.717, 1.165) is 11.1 Å². The molecule has 0 saturated heterocycles. The number of hydrogen-bond donors (Lipinski definition) is 0. The summed E-state index contributed by atoms with van der Waals surface area (Å²) in [6.45, 7) is 6.19. The Kier molecular flexibility index (Phi) is 4.47. The van der Waals surface area contributed by atoms with Crippen molar-refractivity contribution in [3.63, 3.8) is 0 Å². The van der Waals surface area contributed by atoms with Gasteiger partial charge in [0, 0.05) is 6.20 Å². The SMILES string of the molecule is Cc1ccc2oc3c(c(=O)c2c1)C(c1ccc(C(C)C)cc1)N(c1ccccn1)C3=O. The molecule has 1 atom stereocenters. The van der Waals surface area contributed by atoms with Crippen molar-refractivity contribution in [1.29, 1.82) is 0 Å². The van der Waals surface area contributed by atoms with Crippen LogP contribution in [0.3, 0.4) is 0 Å². The number of fused-ring (bicyclic) bond motifs is 2. The lowest BCUT2D eigenvalue weighted by molar-refractivity contribution is 0.0970. The third kappa shape index (κ3) is 3.05. The first-order valence-corrected chi connectivity index (χ1v) is 10.4. The van der Waals surface area contributed by atoms with Gasteiger partial charge in [0.15, 0.2) is 5.43 Å². The van der Waals surface area contributed by atoms with Crippen LogP contribution in [0.25, 0.3) is 11.0 Å². The number of pyridine rings is 1. The number of anilines is 1. The molecule has 0 saturated carbocycles. The summed E-state index contributed by atoms with van der Waals surface area (Å²) in [6, 6.07) is 18.3. The molecular weight excluding hydrogens is 388 g/mol. The van der Waals surface area contributed by atoms with E-state index in [-0.39, 0.29) is 17.1 Å². The molecule has 0 N–H and O–H groups in total. The molecule has 0 bridgehead atoms. The van der Waals surface area contributed by atoms with Crippen molar-refractivity contribution in [2.24, 2.45) is 0 Å². The summed E-state index contributed by atoms with van der Waals surface area (Å²) in [4.78, 5) is 33.0. The first-order chi connectivity index (χ1) is 15.0. The zero-order valence-electron chi connectivity index (χ0n) is 17.6. The second-order valence-corrected chi connectivity index (χ2v) is 8.26. The third-order valence-electron chi connectivity index (χ3n) is 5.84. The molecule has 0 radical (unpaired) electrons. The maximum Gasteiger partial charge on any atom is 0.296 e. The van der Waals surface area contributed by atoms with Gasteiger partial charge in [0.05, 0.1) is 17.0 Å². The van der Waals surface area contributed by atoms with Crippen molar-refractivity contribution in [2.75, 3.05) is 4.90 Å². The minimum absolute atomic E-state index is 0.0879. The van der Waals surface area contributed by atoms with Gasteiger partial charge in [0.1, 0.15) is 11.4 Å². The van der Waals surface area contributed by atoms with Gasteiger partial charge < -0.3 is 4.42 Å². The van der Waals surface area contributed by atoms with Gasteiger partial charge in [-0.05, 0) is 48.2 Å². The standard InChI is InChI=1S/C26H22N2O3/c1-15(2)17-8-10-18(11-9-17)23-22-24(29)19-14-16(3)7-12-20(19)31-25(22)26(30)28(23)21-6-4-5-13-27-21/h4-15,23H,1-3H3. The smallest absolute Gasteiger partial charge is 0.296 e. The van der Waals surface area contributed by atoms with Crippen molar-refractivity contribution >= 4 is 22.7 Å². The molecule has 1 unspecified atom stereocenters. The largest absolute Gasteiger partial charge is 0.450 e. The first kappa shape index (κ1) is 19.2. The Labute approximate surface area is 180 Å². The van der Waals surface area contributed by atoms with Crippen LogP contribution in [-0.4, -0.2) is 10.9 Å². The van der Waals surface area contributed by atoms with E-state index in [1.165, 1.54) is 5.56 Å². The average Bonchev–Trinajstić information content (AvgIpc) is 3.07. The zero-order chi connectivity index (χ0) is 21.7. The van der Waals surface area contributed by atoms with Crippen LogP contribution in [0.15, 0.2) is 76.1 Å². The Morgan fingerprint density at radius 1 is 1.00 bits per heavy atom. The first-order valence-electron chi connectivity index (χ1n) is 10.4. The monoisotopic (exact) mass is 410 g/mol. The molecule has 4 aromatic rings. The summed E-state index contributed by atoms with van der Waals surface area (Å²) in [6.07, 6.45) is 1.64. The quantitative estimate of drug-likeness (QED) is 0.455. The molecule has 5 heteroatoms. The second kappa shape index (κ2) is 7.20. The minimum atomic E-state index is -0.597. The van der Waals surface area contributed by atoms with Crippen LogP contribution < -0.4 is 10.3 Å². The summed E-state index contributed by atoms with van der Waals surface area (Å²) >= 11 is 0. The normalized spacial score (nSPS) is 15.7. The minimum Gasteiger partial charge on any atom is -0.450 e. The summed E-state index contributed by atoms with van der Waals surface area (Å²) in [7, 11) is 0. The van der Waals surface area contributed by atoms with E-state index in [2.05, 4.69) is 18.8 Å². The number of amides is 1. The molecule has 2 aromatic carbocycles. The van der Waals surface area contributed by atoms with Crippen LogP contribution in [0.2, 0.25) is 0 Å². The summed E-state index contributed by atoms with van der Waals surface area (Å²) in [5.74, 6) is 0.600. The Hall–Kier alpha value is -3.73. The zero-order valence-corrected chi connectivity index (χ0v) is 17.6. The maximum absolute atomic E-state index is 13.6. The number of nitrogens with zero attached hydrogens (tertiary/aromatic N) is 2. The van der Waals surface area contributed by atoms with E-state index < -0.39 is 6.04 Å². The van der Waals surface area contributed by atoms with Crippen molar-refractivity contribution in [3.05, 3.63) is 105 Å². The summed E-state index contributed by atoms with van der Waals surface area (Å²) < 4.78 is 6.00. The van der Waals surface area contributed by atoms with E-state index in [1.54, 1.807) is 29.3 Å². The predicted octanol–water partition coefficient (Wildman–Crippen LogP) is 5.37. The number of hydrogen-bond acceptors (Lipinski definition) is 4. The van der Waals surface area contributed by atoms with E-state index >= 15 is 0 Å². The lowest BCUT2D eigenvalue weighted by Gasteiger charge is -2.24. The highest BCUT2D eigenvalue weighted by Crippen LogP contribution is 2.40. The fraction of sp³-hybridized carbons (Fsp3) is 0.192. The molecular formula is C26H22N2O3. The number of aryl methyl sites for hydroxylation is 1. The van der Waals surface area contributed by atoms with Crippen LogP contribution >= 0.6 is 0 Å². The van der Waals surface area contributed by atoms with Crippen molar-refractivity contribution in [2.45, 2.75) is 32.7 Å². The van der Waals surface area contributed by atoms with Crippen LogP contribution in [0.5, 0.6) is 0 Å². The van der Waals surface area contributed by atoms with Crippen LogP contribution in [0.1, 0.15) is 58.6 Å². The average molecular weight is 410 g/mol. The predicted molar refractivity (Wildman–Crippen MR) is 121 cm³/mol. The van der Waals surface area contributed by atoms with Gasteiger partial charge in [-0.2, -0.15) is 0 Å². The fourth-order valence-electron chi connectivity index (χ4n) is 4.20. The van der Waals surface area contributed by atoms with Gasteiger partial charge in [-0.15, -0.1) is 0 Å². The molecule has 0 aliphatic carbocycles. The van der Waals surface area contributed by atoms with Crippen LogP contribution in [0, 0.1) is 6.92 Å². The molecule has 5 rings (SSSR count). The number of carbonyl (C=O) groups is 1. The molecule has 3 heterocycles. The fourth-order valence-corrected chi connectivity index (χ4v) is 4.20. The van der Waals surface area contributed by atoms with E-state index in [0.29, 0.717) is 28.3 Å². The molecule has 1 aliphatic heterocycles. The third-order valence-corrected chi connectivity index (χ3v) is 5.84. The van der Waals surface area contributed by atoms with Gasteiger partial charge in [-0.3, -0.25) is 14.5 Å². The van der Waals surface area contributed by atoms with Crippen molar-refractivity contribution in [3.8, 4) is 0 Å². The maximum atomic E-state index is 13.6. The number of carbonyl (C=O) groups excluding carboxylic acids is 1. The molecule has 0 spiro atoms. The van der Waals surface area contributed by atoms with E-state index in [9.17, 15) is 9.59 Å². The van der Waals surface area contributed by atoms with Gasteiger partial charge in [0.25, 0.3) is 5.91 Å². The Morgan fingerprint density at radius 3 is 2.45 bits per heavy atom. The van der Waals surface area contributed by atoms with Gasteiger partial charge in [-0.25, -0.2) is 4.98 Å². The second-order valence-electron chi connectivity index (χ2n) is 8.26. The highest BCUT2D eigenvalue weighted by molar-refractivity contribution is 6.10. The molecule has 0 fully saturated rings. The molecule has 1 aliphatic rings. The summed E-state index contributed by atoms with van der Waals surface area (Å²) in [5, 5.41) is 0.484. The van der Waals surface area contributed by atoms with Crippen LogP contribution in [0.4, 0.5) is 5.82 Å². The Morgan fingerprint density at radius 2 is 1.77 bits per heavy atom. The highest BCUT2D eigenvalue weighted by atomic mass is 16.3. The molecule has 154 valence electrons.